The molecule has 2 N–H and O–H groups in total. The summed E-state index contributed by atoms with van der Waals surface area (Å²) in [5, 5.41) is 20.4. The summed E-state index contributed by atoms with van der Waals surface area (Å²) in [5.74, 6) is -0.822. The topological polar surface area (TPSA) is 70.0 Å². The van der Waals surface area contributed by atoms with E-state index in [1.165, 1.54) is 19.2 Å². The maximum atomic E-state index is 13.5. The molecule has 0 aromatic heterocycles. The Labute approximate surface area is 182 Å². The van der Waals surface area contributed by atoms with E-state index in [0.29, 0.717) is 0 Å². The van der Waals surface area contributed by atoms with Gasteiger partial charge in [0.25, 0.3) is 0 Å². The van der Waals surface area contributed by atoms with Crippen LogP contribution < -0.4 is 4.90 Å². The maximum absolute atomic E-state index is 13.5. The highest BCUT2D eigenvalue weighted by molar-refractivity contribution is 5.69. The number of carbonyl (C=O) groups excluding carboxylic acids is 1. The predicted octanol–water partition coefficient (Wildman–Crippen LogP) is 3.79. The summed E-state index contributed by atoms with van der Waals surface area (Å²) in [7, 11) is 1.26. The number of carbonyl (C=O) groups is 1. The fourth-order valence-corrected chi connectivity index (χ4v) is 4.32. The molecule has 0 spiro atoms. The van der Waals surface area contributed by atoms with Crippen LogP contribution in [-0.4, -0.2) is 47.6 Å². The lowest BCUT2D eigenvalue weighted by atomic mass is 9.87. The summed E-state index contributed by atoms with van der Waals surface area (Å²) in [6.07, 6.45) is 1.60. The second-order valence-corrected chi connectivity index (χ2v) is 8.20. The average molecular weight is 428 g/mol. The second kappa shape index (κ2) is 10.1. The van der Waals surface area contributed by atoms with Gasteiger partial charge >= 0.3 is 5.97 Å². The Morgan fingerprint density at radius 1 is 1.16 bits per heavy atom. The van der Waals surface area contributed by atoms with Gasteiger partial charge in [0, 0.05) is 24.1 Å². The van der Waals surface area contributed by atoms with Crippen LogP contribution in [0.5, 0.6) is 0 Å². The van der Waals surface area contributed by atoms with Crippen molar-refractivity contribution in [1.29, 1.82) is 0 Å². The summed E-state index contributed by atoms with van der Waals surface area (Å²) in [4.78, 5) is 13.6. The first-order chi connectivity index (χ1) is 14.8. The minimum absolute atomic E-state index is 0.0253. The van der Waals surface area contributed by atoms with Crippen LogP contribution in [0.25, 0.3) is 0 Å². The van der Waals surface area contributed by atoms with Gasteiger partial charge in [-0.15, -0.1) is 0 Å². The highest BCUT2D eigenvalue weighted by atomic mass is 19.1. The van der Waals surface area contributed by atoms with Gasteiger partial charge in [0.15, 0.2) is 0 Å². The van der Waals surface area contributed by atoms with Gasteiger partial charge in [-0.1, -0.05) is 42.5 Å². The number of hydrogen-bond acceptors (Lipinski definition) is 5. The van der Waals surface area contributed by atoms with E-state index in [0.717, 1.165) is 16.8 Å². The largest absolute Gasteiger partial charge is 0.469 e. The Morgan fingerprint density at radius 3 is 2.48 bits per heavy atom. The zero-order chi connectivity index (χ0) is 22.5. The first-order valence-electron chi connectivity index (χ1n) is 10.6. The van der Waals surface area contributed by atoms with Gasteiger partial charge in [0.1, 0.15) is 5.82 Å². The number of ether oxygens (including phenoxy) is 1. The summed E-state index contributed by atoms with van der Waals surface area (Å²) >= 11 is 0. The van der Waals surface area contributed by atoms with E-state index in [2.05, 4.69) is 35.6 Å². The molecule has 3 rings (SSSR count). The van der Waals surface area contributed by atoms with Crippen LogP contribution in [0.3, 0.4) is 0 Å². The Hall–Kier alpha value is -2.70. The van der Waals surface area contributed by atoms with Gasteiger partial charge in [0.05, 0.1) is 31.8 Å². The highest BCUT2D eigenvalue weighted by Gasteiger charge is 2.38. The third-order valence-electron chi connectivity index (χ3n) is 5.67. The van der Waals surface area contributed by atoms with E-state index in [9.17, 15) is 19.4 Å². The zero-order valence-electron chi connectivity index (χ0n) is 18.1. The van der Waals surface area contributed by atoms with Crippen molar-refractivity contribution in [1.82, 2.24) is 0 Å². The molecule has 1 heterocycles. The van der Waals surface area contributed by atoms with Gasteiger partial charge in [0.2, 0.25) is 0 Å². The Morgan fingerprint density at radius 2 is 1.84 bits per heavy atom. The van der Waals surface area contributed by atoms with E-state index in [-0.39, 0.29) is 36.7 Å². The van der Waals surface area contributed by atoms with Crippen molar-refractivity contribution in [3.8, 4) is 0 Å². The molecule has 0 saturated carbocycles. The van der Waals surface area contributed by atoms with Crippen molar-refractivity contribution in [3.05, 3.63) is 77.6 Å². The molecule has 0 fully saturated rings. The molecule has 6 heteroatoms. The molecule has 31 heavy (non-hydrogen) atoms. The zero-order valence-corrected chi connectivity index (χ0v) is 18.1. The SMILES string of the molecule is COC(=O)C[C@H](O)C[C@H](O)/C=C/[C@H]1[C@@H](c2ccc(F)cc2)c2ccccc2N1C(C)C. The molecule has 0 unspecified atom stereocenters. The normalized spacial score (nSPS) is 20.2. The van der Waals surface area contributed by atoms with Crippen LogP contribution in [0.15, 0.2) is 60.7 Å². The number of anilines is 1. The molecule has 0 aliphatic carbocycles. The van der Waals surface area contributed by atoms with Crippen molar-refractivity contribution < 1.29 is 24.1 Å². The van der Waals surface area contributed by atoms with Crippen LogP contribution >= 0.6 is 0 Å². The van der Waals surface area contributed by atoms with Crippen LogP contribution in [0.1, 0.15) is 43.7 Å². The first-order valence-corrected chi connectivity index (χ1v) is 10.6. The van der Waals surface area contributed by atoms with Gasteiger partial charge in [-0.3, -0.25) is 4.79 Å². The number of benzene rings is 2. The minimum Gasteiger partial charge on any atom is -0.469 e. The fraction of sp³-hybridized carbons (Fsp3) is 0.400. The van der Waals surface area contributed by atoms with Crippen molar-refractivity contribution in [2.24, 2.45) is 0 Å². The molecule has 0 amide bonds. The monoisotopic (exact) mass is 427 g/mol. The van der Waals surface area contributed by atoms with Crippen molar-refractivity contribution in [3.63, 3.8) is 0 Å². The Balaban J connectivity index is 1.88. The maximum Gasteiger partial charge on any atom is 0.308 e. The number of methoxy groups -OCH3 is 1. The number of esters is 1. The molecule has 0 saturated heterocycles. The van der Waals surface area contributed by atoms with E-state index < -0.39 is 18.2 Å². The lowest BCUT2D eigenvalue weighted by molar-refractivity contribution is -0.143. The predicted molar refractivity (Wildman–Crippen MR) is 118 cm³/mol. The fourth-order valence-electron chi connectivity index (χ4n) is 4.32. The standard InChI is InChI=1S/C25H30FNO4/c1-16(2)27-22-7-5-4-6-21(22)25(17-8-10-18(26)11-9-17)23(27)13-12-19(28)14-20(29)15-24(30)31-3/h4-13,16,19-20,23,25,28-29H,14-15H2,1-3H3/b13-12+/t19-,20-,23+,25+/m1/s1. The van der Waals surface area contributed by atoms with Gasteiger partial charge < -0.3 is 19.8 Å². The number of nitrogens with zero attached hydrogens (tertiary/aromatic N) is 1. The van der Waals surface area contributed by atoms with Gasteiger partial charge in [-0.25, -0.2) is 4.39 Å². The van der Waals surface area contributed by atoms with E-state index in [1.54, 1.807) is 18.2 Å². The number of aliphatic hydroxyl groups excluding tert-OH is 2. The lowest BCUT2D eigenvalue weighted by Gasteiger charge is -2.32. The molecule has 166 valence electrons. The first kappa shape index (κ1) is 23.0. The summed E-state index contributed by atoms with van der Waals surface area (Å²) in [6, 6.07) is 14.8. The Kier molecular flexibility index (Phi) is 7.46. The van der Waals surface area contributed by atoms with Crippen molar-refractivity contribution >= 4 is 11.7 Å². The van der Waals surface area contributed by atoms with E-state index in [1.807, 2.05) is 18.2 Å². The number of para-hydroxylation sites is 1. The third-order valence-corrected chi connectivity index (χ3v) is 5.67. The number of aliphatic hydroxyl groups is 2. The summed E-state index contributed by atoms with van der Waals surface area (Å²) in [6.45, 7) is 4.22. The molecule has 2 aromatic carbocycles. The number of hydrogen-bond donors (Lipinski definition) is 2. The molecule has 0 bridgehead atoms. The molecular weight excluding hydrogens is 397 g/mol. The highest BCUT2D eigenvalue weighted by Crippen LogP contribution is 2.46. The van der Waals surface area contributed by atoms with Crippen LogP contribution in [0.4, 0.5) is 10.1 Å². The van der Waals surface area contributed by atoms with Crippen LogP contribution in [0.2, 0.25) is 0 Å². The van der Waals surface area contributed by atoms with Crippen LogP contribution in [-0.2, 0) is 9.53 Å². The molecule has 5 nitrogen and oxygen atoms in total. The smallest absolute Gasteiger partial charge is 0.308 e. The molecule has 2 aromatic rings. The lowest BCUT2D eigenvalue weighted by Crippen LogP contribution is -2.38. The molecule has 1 aliphatic rings. The van der Waals surface area contributed by atoms with Crippen molar-refractivity contribution in [2.45, 2.75) is 56.9 Å². The molecule has 1 aliphatic heterocycles. The second-order valence-electron chi connectivity index (χ2n) is 8.20. The van der Waals surface area contributed by atoms with E-state index >= 15 is 0 Å². The quantitative estimate of drug-likeness (QED) is 0.496. The molecule has 0 radical (unpaired) electrons. The third kappa shape index (κ3) is 5.32. The summed E-state index contributed by atoms with van der Waals surface area (Å²) < 4.78 is 18.1. The number of fused-ring (bicyclic) bond motifs is 1. The average Bonchev–Trinajstić information content (AvgIpc) is 3.07. The van der Waals surface area contributed by atoms with Crippen LogP contribution in [0, 0.1) is 5.82 Å². The van der Waals surface area contributed by atoms with E-state index in [4.69, 9.17) is 0 Å². The summed E-state index contributed by atoms with van der Waals surface area (Å²) in [5.41, 5.74) is 3.26. The van der Waals surface area contributed by atoms with Crippen molar-refractivity contribution in [2.75, 3.05) is 12.0 Å². The van der Waals surface area contributed by atoms with Gasteiger partial charge in [-0.05, 0) is 43.2 Å². The number of halogens is 1. The Bertz CT molecular complexity index is 912. The minimum atomic E-state index is -0.984. The van der Waals surface area contributed by atoms with Gasteiger partial charge in [-0.2, -0.15) is 0 Å². The molecule has 4 atom stereocenters. The molecular formula is C25H30FNO4. The number of rotatable bonds is 8.